The lowest BCUT2D eigenvalue weighted by Crippen LogP contribution is -1.97. The van der Waals surface area contributed by atoms with Crippen molar-refractivity contribution in [1.29, 1.82) is 0 Å². The molecule has 0 atom stereocenters. The Morgan fingerprint density at radius 1 is 1.18 bits per heavy atom. The molecular formula is C12H10Br2N2O. The highest BCUT2D eigenvalue weighted by molar-refractivity contribution is 9.10. The van der Waals surface area contributed by atoms with Gasteiger partial charge in [0.25, 0.3) is 0 Å². The molecule has 0 fully saturated rings. The number of nitrogen functional groups attached to an aromatic ring is 1. The quantitative estimate of drug-likeness (QED) is 0.850. The smallest absolute Gasteiger partial charge is 0.139 e. The van der Waals surface area contributed by atoms with E-state index in [1.54, 1.807) is 12.4 Å². The van der Waals surface area contributed by atoms with Gasteiger partial charge in [-0.2, -0.15) is 0 Å². The average Bonchev–Trinajstić information content (AvgIpc) is 2.28. The molecule has 0 amide bonds. The molecule has 17 heavy (non-hydrogen) atoms. The number of ether oxygens (including phenoxy) is 1. The molecule has 88 valence electrons. The van der Waals surface area contributed by atoms with Crippen LogP contribution in [0.15, 0.2) is 45.6 Å². The first-order valence-electron chi connectivity index (χ1n) is 4.92. The number of nitrogens with two attached hydrogens (primary N) is 1. The fourth-order valence-electron chi connectivity index (χ4n) is 1.31. The number of nitrogens with zero attached hydrogens (tertiary/aromatic N) is 1. The molecule has 0 saturated heterocycles. The standard InChI is InChI=1S/C12H10Br2N2O/c13-9-3-11(6-16-5-9)17-7-8-1-2-10(15)4-12(8)14/h1-6H,7,15H2. The SMILES string of the molecule is Nc1ccc(COc2cncc(Br)c2)c(Br)c1. The Kier molecular flexibility index (Phi) is 4.02. The van der Waals surface area contributed by atoms with E-state index in [1.807, 2.05) is 24.3 Å². The molecule has 0 aliphatic rings. The first-order valence-corrected chi connectivity index (χ1v) is 6.51. The number of benzene rings is 1. The zero-order valence-electron chi connectivity index (χ0n) is 8.86. The maximum Gasteiger partial charge on any atom is 0.139 e. The molecule has 0 aliphatic carbocycles. The van der Waals surface area contributed by atoms with E-state index in [-0.39, 0.29) is 0 Å². The van der Waals surface area contributed by atoms with E-state index in [2.05, 4.69) is 36.8 Å². The summed E-state index contributed by atoms with van der Waals surface area (Å²) >= 11 is 6.79. The number of aromatic nitrogens is 1. The molecule has 3 nitrogen and oxygen atoms in total. The summed E-state index contributed by atoms with van der Waals surface area (Å²) in [4.78, 5) is 4.03. The van der Waals surface area contributed by atoms with E-state index in [0.29, 0.717) is 6.61 Å². The molecule has 2 N–H and O–H groups in total. The topological polar surface area (TPSA) is 48.1 Å². The number of pyridine rings is 1. The average molecular weight is 358 g/mol. The summed E-state index contributed by atoms with van der Waals surface area (Å²) in [5.74, 6) is 0.725. The van der Waals surface area contributed by atoms with E-state index in [0.717, 1.165) is 25.9 Å². The van der Waals surface area contributed by atoms with Crippen LogP contribution in [0.3, 0.4) is 0 Å². The van der Waals surface area contributed by atoms with Crippen LogP contribution in [0.5, 0.6) is 5.75 Å². The largest absolute Gasteiger partial charge is 0.487 e. The van der Waals surface area contributed by atoms with Crippen LogP contribution >= 0.6 is 31.9 Å². The van der Waals surface area contributed by atoms with Gasteiger partial charge in [-0.25, -0.2) is 0 Å². The van der Waals surface area contributed by atoms with Gasteiger partial charge in [-0.1, -0.05) is 22.0 Å². The van der Waals surface area contributed by atoms with Crippen molar-refractivity contribution in [1.82, 2.24) is 4.98 Å². The van der Waals surface area contributed by atoms with Crippen molar-refractivity contribution >= 4 is 37.5 Å². The lowest BCUT2D eigenvalue weighted by atomic mass is 10.2. The van der Waals surface area contributed by atoms with E-state index in [9.17, 15) is 0 Å². The van der Waals surface area contributed by atoms with E-state index in [4.69, 9.17) is 10.5 Å². The summed E-state index contributed by atoms with van der Waals surface area (Å²) in [7, 11) is 0. The minimum Gasteiger partial charge on any atom is -0.487 e. The molecule has 0 unspecified atom stereocenters. The van der Waals surface area contributed by atoms with E-state index >= 15 is 0 Å². The second-order valence-electron chi connectivity index (χ2n) is 3.48. The Bertz CT molecular complexity index is 532. The third-order valence-corrected chi connectivity index (χ3v) is 3.32. The minimum atomic E-state index is 0.471. The Morgan fingerprint density at radius 3 is 2.71 bits per heavy atom. The monoisotopic (exact) mass is 356 g/mol. The van der Waals surface area contributed by atoms with Crippen LogP contribution in [0.2, 0.25) is 0 Å². The Labute approximate surface area is 116 Å². The second kappa shape index (κ2) is 5.51. The van der Waals surface area contributed by atoms with Crippen molar-refractivity contribution in [3.8, 4) is 5.75 Å². The molecule has 1 heterocycles. The van der Waals surface area contributed by atoms with Gasteiger partial charge in [0.2, 0.25) is 0 Å². The highest BCUT2D eigenvalue weighted by atomic mass is 79.9. The Hall–Kier alpha value is -1.07. The summed E-state index contributed by atoms with van der Waals surface area (Å²) in [5, 5.41) is 0. The van der Waals surface area contributed by atoms with Crippen LogP contribution in [0.25, 0.3) is 0 Å². The molecule has 1 aromatic heterocycles. The van der Waals surface area contributed by atoms with Gasteiger partial charge in [-0.05, 0) is 34.1 Å². The maximum atomic E-state index is 5.67. The summed E-state index contributed by atoms with van der Waals surface area (Å²) in [6.45, 7) is 0.471. The third-order valence-electron chi connectivity index (χ3n) is 2.15. The molecule has 2 aromatic rings. The molecule has 0 spiro atoms. The summed E-state index contributed by atoms with van der Waals surface area (Å²) in [6, 6.07) is 7.52. The third kappa shape index (κ3) is 3.44. The zero-order chi connectivity index (χ0) is 12.3. The van der Waals surface area contributed by atoms with Crippen LogP contribution in [0.1, 0.15) is 5.56 Å². The minimum absolute atomic E-state index is 0.471. The first-order chi connectivity index (χ1) is 8.15. The number of hydrogen-bond donors (Lipinski definition) is 1. The number of hydrogen-bond acceptors (Lipinski definition) is 3. The molecule has 0 saturated carbocycles. The van der Waals surface area contributed by atoms with Gasteiger partial charge in [0.1, 0.15) is 12.4 Å². The lowest BCUT2D eigenvalue weighted by Gasteiger charge is -2.08. The Morgan fingerprint density at radius 2 is 2.00 bits per heavy atom. The van der Waals surface area contributed by atoms with Crippen LogP contribution < -0.4 is 10.5 Å². The van der Waals surface area contributed by atoms with E-state index in [1.165, 1.54) is 0 Å². The highest BCUT2D eigenvalue weighted by Crippen LogP contribution is 2.22. The highest BCUT2D eigenvalue weighted by Gasteiger charge is 2.02. The first kappa shape index (κ1) is 12.4. The molecule has 0 aliphatic heterocycles. The van der Waals surface area contributed by atoms with E-state index < -0.39 is 0 Å². The fourth-order valence-corrected chi connectivity index (χ4v) is 2.17. The predicted octanol–water partition coefficient (Wildman–Crippen LogP) is 3.77. The van der Waals surface area contributed by atoms with Crippen molar-refractivity contribution in [2.24, 2.45) is 0 Å². The molecule has 0 radical (unpaired) electrons. The van der Waals surface area contributed by atoms with Crippen molar-refractivity contribution in [2.45, 2.75) is 6.61 Å². The van der Waals surface area contributed by atoms with Crippen molar-refractivity contribution in [3.63, 3.8) is 0 Å². The normalized spacial score (nSPS) is 10.2. The van der Waals surface area contributed by atoms with Gasteiger partial charge in [-0.15, -0.1) is 0 Å². The van der Waals surface area contributed by atoms with Crippen molar-refractivity contribution in [3.05, 3.63) is 51.2 Å². The second-order valence-corrected chi connectivity index (χ2v) is 5.25. The predicted molar refractivity (Wildman–Crippen MR) is 74.8 cm³/mol. The summed E-state index contributed by atoms with van der Waals surface area (Å²) < 4.78 is 7.47. The summed E-state index contributed by atoms with van der Waals surface area (Å²) in [5.41, 5.74) is 7.44. The van der Waals surface area contributed by atoms with Crippen LogP contribution in [-0.2, 0) is 6.61 Å². The molecule has 5 heteroatoms. The molecule has 0 bridgehead atoms. The zero-order valence-corrected chi connectivity index (χ0v) is 12.0. The van der Waals surface area contributed by atoms with Crippen LogP contribution in [0.4, 0.5) is 5.69 Å². The number of rotatable bonds is 3. The van der Waals surface area contributed by atoms with Crippen molar-refractivity contribution in [2.75, 3.05) is 5.73 Å². The molecule has 2 rings (SSSR count). The number of anilines is 1. The van der Waals surface area contributed by atoms with Gasteiger partial charge in [0, 0.05) is 26.4 Å². The fraction of sp³-hybridized carbons (Fsp3) is 0.0833. The lowest BCUT2D eigenvalue weighted by molar-refractivity contribution is 0.304. The van der Waals surface area contributed by atoms with Gasteiger partial charge in [0.15, 0.2) is 0 Å². The van der Waals surface area contributed by atoms with Gasteiger partial charge in [-0.3, -0.25) is 4.98 Å². The van der Waals surface area contributed by atoms with Crippen molar-refractivity contribution < 1.29 is 4.74 Å². The van der Waals surface area contributed by atoms with Gasteiger partial charge < -0.3 is 10.5 Å². The number of halogens is 2. The Balaban J connectivity index is 2.07. The maximum absolute atomic E-state index is 5.67. The van der Waals surface area contributed by atoms with Crippen LogP contribution in [-0.4, -0.2) is 4.98 Å². The van der Waals surface area contributed by atoms with Crippen LogP contribution in [0, 0.1) is 0 Å². The van der Waals surface area contributed by atoms with Gasteiger partial charge >= 0.3 is 0 Å². The van der Waals surface area contributed by atoms with Gasteiger partial charge in [0.05, 0.1) is 6.20 Å². The summed E-state index contributed by atoms with van der Waals surface area (Å²) in [6.07, 6.45) is 3.39. The molecular weight excluding hydrogens is 348 g/mol. The molecule has 1 aromatic carbocycles.